The van der Waals surface area contributed by atoms with E-state index in [1.807, 2.05) is 13.8 Å². The highest BCUT2D eigenvalue weighted by Crippen LogP contribution is 2.23. The Morgan fingerprint density at radius 3 is 2.70 bits per heavy atom. The van der Waals surface area contributed by atoms with E-state index >= 15 is 0 Å². The number of hydrogen-bond acceptors (Lipinski definition) is 3. The zero-order valence-electron chi connectivity index (χ0n) is 14.2. The van der Waals surface area contributed by atoms with E-state index in [1.54, 1.807) is 0 Å². The number of benzene rings is 1. The molecule has 0 radical (unpaired) electrons. The Bertz CT molecular complexity index is 501. The topological polar surface area (TPSA) is 64.6 Å². The largest absolute Gasteiger partial charge is 0.396 e. The van der Waals surface area contributed by atoms with Gasteiger partial charge in [0.2, 0.25) is 0 Å². The van der Waals surface area contributed by atoms with E-state index in [-0.39, 0.29) is 24.7 Å². The zero-order chi connectivity index (χ0) is 16.7. The minimum absolute atomic E-state index is 0.0393. The minimum Gasteiger partial charge on any atom is -0.396 e. The summed E-state index contributed by atoms with van der Waals surface area (Å²) in [6.07, 6.45) is 4.00. The van der Waals surface area contributed by atoms with Crippen LogP contribution in [0, 0.1) is 0 Å². The van der Waals surface area contributed by atoms with E-state index in [4.69, 9.17) is 5.11 Å². The monoisotopic (exact) mass is 319 g/mol. The molecule has 5 nitrogen and oxygen atoms in total. The van der Waals surface area contributed by atoms with Gasteiger partial charge in [-0.2, -0.15) is 0 Å². The molecule has 2 atom stereocenters. The molecular formula is C18H29N3O2. The van der Waals surface area contributed by atoms with Crippen molar-refractivity contribution in [1.29, 1.82) is 0 Å². The number of amides is 2. The Morgan fingerprint density at radius 1 is 1.26 bits per heavy atom. The van der Waals surface area contributed by atoms with E-state index in [9.17, 15) is 4.79 Å². The first-order valence-corrected chi connectivity index (χ1v) is 8.63. The van der Waals surface area contributed by atoms with Crippen LogP contribution in [-0.4, -0.2) is 36.9 Å². The Morgan fingerprint density at radius 2 is 2.00 bits per heavy atom. The van der Waals surface area contributed by atoms with Crippen molar-refractivity contribution in [3.63, 3.8) is 0 Å². The van der Waals surface area contributed by atoms with Crippen LogP contribution >= 0.6 is 0 Å². The van der Waals surface area contributed by atoms with Gasteiger partial charge in [0.15, 0.2) is 0 Å². The van der Waals surface area contributed by atoms with E-state index in [0.717, 1.165) is 25.1 Å². The van der Waals surface area contributed by atoms with Crippen LogP contribution < -0.4 is 15.5 Å². The molecule has 2 rings (SSSR count). The summed E-state index contributed by atoms with van der Waals surface area (Å²) in [5.41, 5.74) is 2.36. The predicted octanol–water partition coefficient (Wildman–Crippen LogP) is 2.81. The standard InChI is InChI=1S/C18H29N3O2/c1-14(7-6-12-22)19-18(23)20-15(2)16-8-5-9-17(13-16)21-10-3-4-11-21/h5,8-9,13-15,22H,3-4,6-7,10-12H2,1-2H3,(H2,19,20,23). The molecule has 1 aromatic rings. The Hall–Kier alpha value is -1.75. The van der Waals surface area contributed by atoms with Crippen molar-refractivity contribution in [2.75, 3.05) is 24.6 Å². The molecule has 1 aliphatic heterocycles. The highest BCUT2D eigenvalue weighted by atomic mass is 16.3. The number of nitrogens with one attached hydrogen (secondary N) is 2. The number of aliphatic hydroxyl groups excluding tert-OH is 1. The number of urea groups is 1. The molecule has 5 heteroatoms. The Balaban J connectivity index is 1.88. The summed E-state index contributed by atoms with van der Waals surface area (Å²) in [5, 5.41) is 14.7. The van der Waals surface area contributed by atoms with Gasteiger partial charge in [-0.3, -0.25) is 0 Å². The third-order valence-electron chi connectivity index (χ3n) is 4.36. The van der Waals surface area contributed by atoms with Crippen LogP contribution in [0.2, 0.25) is 0 Å². The summed E-state index contributed by atoms with van der Waals surface area (Å²) in [4.78, 5) is 14.4. The van der Waals surface area contributed by atoms with Crippen LogP contribution in [0.25, 0.3) is 0 Å². The molecule has 1 fully saturated rings. The van der Waals surface area contributed by atoms with E-state index in [1.165, 1.54) is 18.5 Å². The van der Waals surface area contributed by atoms with E-state index in [0.29, 0.717) is 6.42 Å². The van der Waals surface area contributed by atoms with Crippen molar-refractivity contribution in [2.45, 2.75) is 51.6 Å². The van der Waals surface area contributed by atoms with Gasteiger partial charge in [-0.1, -0.05) is 12.1 Å². The molecule has 3 N–H and O–H groups in total. The molecule has 1 aliphatic rings. The number of aliphatic hydroxyl groups is 1. The van der Waals surface area contributed by atoms with Crippen LogP contribution in [0.1, 0.15) is 51.1 Å². The molecule has 0 aromatic heterocycles. The van der Waals surface area contributed by atoms with Crippen molar-refractivity contribution < 1.29 is 9.90 Å². The fourth-order valence-electron chi connectivity index (χ4n) is 2.98. The first-order chi connectivity index (χ1) is 11.1. The number of hydrogen-bond donors (Lipinski definition) is 3. The van der Waals surface area contributed by atoms with Gasteiger partial charge >= 0.3 is 6.03 Å². The number of carbonyl (C=O) groups is 1. The van der Waals surface area contributed by atoms with Crippen molar-refractivity contribution in [2.24, 2.45) is 0 Å². The quantitative estimate of drug-likeness (QED) is 0.724. The van der Waals surface area contributed by atoms with Gasteiger partial charge in [0.05, 0.1) is 6.04 Å². The molecule has 2 unspecified atom stereocenters. The summed E-state index contributed by atoms with van der Waals surface area (Å²) in [6.45, 7) is 6.35. The first kappa shape index (κ1) is 17.6. The molecule has 2 amide bonds. The SMILES string of the molecule is CC(CCCO)NC(=O)NC(C)c1cccc(N2CCCC2)c1. The molecule has 1 aromatic carbocycles. The summed E-state index contributed by atoms with van der Waals surface area (Å²) in [7, 11) is 0. The third-order valence-corrected chi connectivity index (χ3v) is 4.36. The molecule has 1 heterocycles. The second-order valence-corrected chi connectivity index (χ2v) is 6.40. The van der Waals surface area contributed by atoms with Gasteiger partial charge in [-0.15, -0.1) is 0 Å². The van der Waals surface area contributed by atoms with Gasteiger partial charge in [-0.05, 0) is 57.2 Å². The number of nitrogens with zero attached hydrogens (tertiary/aromatic N) is 1. The summed E-state index contributed by atoms with van der Waals surface area (Å²) in [6, 6.07) is 8.29. The van der Waals surface area contributed by atoms with Crippen molar-refractivity contribution >= 4 is 11.7 Å². The maximum atomic E-state index is 12.0. The first-order valence-electron chi connectivity index (χ1n) is 8.63. The smallest absolute Gasteiger partial charge is 0.315 e. The third kappa shape index (κ3) is 5.43. The maximum absolute atomic E-state index is 12.0. The van der Waals surface area contributed by atoms with Crippen LogP contribution in [0.5, 0.6) is 0 Å². The molecule has 0 aliphatic carbocycles. The number of anilines is 1. The summed E-state index contributed by atoms with van der Waals surface area (Å²) >= 11 is 0. The second kappa shape index (κ2) is 8.77. The van der Waals surface area contributed by atoms with Gasteiger partial charge in [0, 0.05) is 31.4 Å². The fraction of sp³-hybridized carbons (Fsp3) is 0.611. The lowest BCUT2D eigenvalue weighted by Crippen LogP contribution is -2.41. The molecule has 0 spiro atoms. The van der Waals surface area contributed by atoms with Crippen LogP contribution in [-0.2, 0) is 0 Å². The fourth-order valence-corrected chi connectivity index (χ4v) is 2.98. The van der Waals surface area contributed by atoms with Gasteiger partial charge in [0.1, 0.15) is 0 Å². The average molecular weight is 319 g/mol. The lowest BCUT2D eigenvalue weighted by Gasteiger charge is -2.21. The molecule has 23 heavy (non-hydrogen) atoms. The maximum Gasteiger partial charge on any atom is 0.315 e. The second-order valence-electron chi connectivity index (χ2n) is 6.40. The average Bonchev–Trinajstić information content (AvgIpc) is 3.07. The van der Waals surface area contributed by atoms with Crippen molar-refractivity contribution in [1.82, 2.24) is 10.6 Å². The van der Waals surface area contributed by atoms with Gasteiger partial charge in [-0.25, -0.2) is 4.79 Å². The lowest BCUT2D eigenvalue weighted by atomic mass is 10.1. The van der Waals surface area contributed by atoms with Crippen LogP contribution in [0.3, 0.4) is 0 Å². The summed E-state index contributed by atoms with van der Waals surface area (Å²) < 4.78 is 0. The van der Waals surface area contributed by atoms with Crippen LogP contribution in [0.15, 0.2) is 24.3 Å². The van der Waals surface area contributed by atoms with Gasteiger partial charge in [0.25, 0.3) is 0 Å². The Labute approximate surface area is 139 Å². The predicted molar refractivity (Wildman–Crippen MR) is 93.8 cm³/mol. The van der Waals surface area contributed by atoms with Crippen molar-refractivity contribution in [3.8, 4) is 0 Å². The summed E-state index contributed by atoms with van der Waals surface area (Å²) in [5.74, 6) is 0. The van der Waals surface area contributed by atoms with Crippen LogP contribution in [0.4, 0.5) is 10.5 Å². The normalized spacial score (nSPS) is 16.9. The van der Waals surface area contributed by atoms with E-state index in [2.05, 4.69) is 39.8 Å². The lowest BCUT2D eigenvalue weighted by molar-refractivity contribution is 0.231. The Kier molecular flexibility index (Phi) is 6.71. The molecule has 0 bridgehead atoms. The van der Waals surface area contributed by atoms with Crippen molar-refractivity contribution in [3.05, 3.63) is 29.8 Å². The van der Waals surface area contributed by atoms with E-state index < -0.39 is 0 Å². The molecule has 1 saturated heterocycles. The number of rotatable bonds is 7. The molecular weight excluding hydrogens is 290 g/mol. The zero-order valence-corrected chi connectivity index (χ0v) is 14.2. The number of carbonyl (C=O) groups excluding carboxylic acids is 1. The highest BCUT2D eigenvalue weighted by molar-refractivity contribution is 5.74. The highest BCUT2D eigenvalue weighted by Gasteiger charge is 2.15. The molecule has 0 saturated carbocycles. The molecule has 128 valence electrons. The minimum atomic E-state index is -0.158. The van der Waals surface area contributed by atoms with Gasteiger partial charge < -0.3 is 20.6 Å².